The number of piperidine rings is 3. The van der Waals surface area contributed by atoms with E-state index >= 15 is 0 Å². The van der Waals surface area contributed by atoms with Crippen LogP contribution in [-0.2, 0) is 0 Å². The number of rotatable bonds is 3. The van der Waals surface area contributed by atoms with Crippen LogP contribution in [0.15, 0.2) is 24.3 Å². The number of halogens is 1. The van der Waals surface area contributed by atoms with Crippen molar-refractivity contribution < 1.29 is 0 Å². The quantitative estimate of drug-likeness (QED) is 0.880. The van der Waals surface area contributed by atoms with Gasteiger partial charge in [-0.1, -0.05) is 23.7 Å². The van der Waals surface area contributed by atoms with Gasteiger partial charge in [0.25, 0.3) is 0 Å². The van der Waals surface area contributed by atoms with E-state index in [4.69, 9.17) is 17.3 Å². The fourth-order valence-electron chi connectivity index (χ4n) is 3.43. The molecule has 3 saturated heterocycles. The molecule has 4 heteroatoms. The topological polar surface area (TPSA) is 41.3 Å². The van der Waals surface area contributed by atoms with Crippen molar-refractivity contribution in [2.24, 2.45) is 11.7 Å². The zero-order chi connectivity index (χ0) is 12.6. The molecule has 1 aromatic carbocycles. The molecule has 3 nitrogen and oxygen atoms in total. The normalized spacial score (nSPS) is 34.6. The summed E-state index contributed by atoms with van der Waals surface area (Å²) in [5, 5.41) is 4.42. The van der Waals surface area contributed by atoms with Gasteiger partial charge >= 0.3 is 0 Å². The van der Waals surface area contributed by atoms with Crippen LogP contribution >= 0.6 is 11.6 Å². The summed E-state index contributed by atoms with van der Waals surface area (Å²) < 4.78 is 0. The monoisotopic (exact) mass is 265 g/mol. The smallest absolute Gasteiger partial charge is 0.0651 e. The summed E-state index contributed by atoms with van der Waals surface area (Å²) in [4.78, 5) is 2.51. The van der Waals surface area contributed by atoms with Crippen molar-refractivity contribution >= 4 is 17.3 Å². The second kappa shape index (κ2) is 4.72. The van der Waals surface area contributed by atoms with Gasteiger partial charge in [0.2, 0.25) is 0 Å². The Bertz CT molecular complexity index is 429. The largest absolute Gasteiger partial charge is 0.376 e. The molecular formula is C14H20ClN3. The third-order valence-corrected chi connectivity index (χ3v) is 4.83. The van der Waals surface area contributed by atoms with Crippen LogP contribution in [0.2, 0.25) is 5.02 Å². The molecule has 0 saturated carbocycles. The Morgan fingerprint density at radius 1 is 1.33 bits per heavy atom. The van der Waals surface area contributed by atoms with Crippen LogP contribution in [0.5, 0.6) is 0 Å². The number of hydrogen-bond donors (Lipinski definition) is 2. The van der Waals surface area contributed by atoms with Crippen LogP contribution in [0.1, 0.15) is 12.8 Å². The molecule has 1 atom stereocenters. The SMILES string of the molecule is NCC1(Nc2ccccc2Cl)CN2CCC1CC2. The molecule has 1 aromatic rings. The summed E-state index contributed by atoms with van der Waals surface area (Å²) >= 11 is 6.25. The maximum Gasteiger partial charge on any atom is 0.0651 e. The fourth-order valence-corrected chi connectivity index (χ4v) is 3.61. The zero-order valence-electron chi connectivity index (χ0n) is 10.5. The number of nitrogens with two attached hydrogens (primary N) is 1. The molecule has 0 radical (unpaired) electrons. The molecule has 3 heterocycles. The Morgan fingerprint density at radius 3 is 2.61 bits per heavy atom. The predicted molar refractivity (Wildman–Crippen MR) is 76.0 cm³/mol. The van der Waals surface area contributed by atoms with Gasteiger partial charge < -0.3 is 16.0 Å². The molecule has 0 amide bonds. The van der Waals surface area contributed by atoms with Gasteiger partial charge in [-0.25, -0.2) is 0 Å². The van der Waals surface area contributed by atoms with Gasteiger partial charge in [0.05, 0.1) is 16.2 Å². The third-order valence-electron chi connectivity index (χ3n) is 4.50. The van der Waals surface area contributed by atoms with Gasteiger partial charge in [0, 0.05) is 13.1 Å². The highest BCUT2D eigenvalue weighted by Crippen LogP contribution is 2.38. The molecule has 3 N–H and O–H groups in total. The summed E-state index contributed by atoms with van der Waals surface area (Å²) in [5.74, 6) is 0.670. The molecule has 2 bridgehead atoms. The maximum atomic E-state index is 6.25. The lowest BCUT2D eigenvalue weighted by molar-refractivity contribution is 0.0449. The van der Waals surface area contributed by atoms with Gasteiger partial charge in [-0.2, -0.15) is 0 Å². The molecule has 3 fully saturated rings. The zero-order valence-corrected chi connectivity index (χ0v) is 11.3. The second-order valence-electron chi connectivity index (χ2n) is 5.52. The highest BCUT2D eigenvalue weighted by Gasteiger charge is 2.45. The standard InChI is InChI=1S/C14H20ClN3/c15-12-3-1-2-4-13(12)17-14(9-16)10-18-7-5-11(14)6-8-18/h1-4,11,17H,5-10,16H2. The molecule has 0 aromatic heterocycles. The Kier molecular flexibility index (Phi) is 3.22. The molecule has 3 aliphatic rings. The second-order valence-corrected chi connectivity index (χ2v) is 5.92. The van der Waals surface area contributed by atoms with Crippen molar-refractivity contribution in [2.75, 3.05) is 31.5 Å². The van der Waals surface area contributed by atoms with Gasteiger partial charge in [-0.05, 0) is 44.0 Å². The third kappa shape index (κ3) is 2.00. The number of nitrogens with zero attached hydrogens (tertiary/aromatic N) is 1. The van der Waals surface area contributed by atoms with E-state index in [9.17, 15) is 0 Å². The molecule has 0 spiro atoms. The van der Waals surface area contributed by atoms with Crippen molar-refractivity contribution in [2.45, 2.75) is 18.4 Å². The fraction of sp³-hybridized carbons (Fsp3) is 0.571. The van der Waals surface area contributed by atoms with Gasteiger partial charge in [-0.15, -0.1) is 0 Å². The number of hydrogen-bond acceptors (Lipinski definition) is 3. The summed E-state index contributed by atoms with van der Waals surface area (Å²) in [6.07, 6.45) is 2.49. The Balaban J connectivity index is 1.87. The summed E-state index contributed by atoms with van der Waals surface area (Å²) in [6.45, 7) is 4.14. The van der Waals surface area contributed by atoms with E-state index in [-0.39, 0.29) is 5.54 Å². The summed E-state index contributed by atoms with van der Waals surface area (Å²) in [7, 11) is 0. The maximum absolute atomic E-state index is 6.25. The Labute approximate surface area is 113 Å². The minimum absolute atomic E-state index is 0.00148. The van der Waals surface area contributed by atoms with Crippen molar-refractivity contribution in [3.05, 3.63) is 29.3 Å². The highest BCUT2D eigenvalue weighted by atomic mass is 35.5. The van der Waals surface area contributed by atoms with Crippen LogP contribution in [0.3, 0.4) is 0 Å². The Morgan fingerprint density at radius 2 is 2.06 bits per heavy atom. The van der Waals surface area contributed by atoms with Gasteiger partial charge in [0.15, 0.2) is 0 Å². The first-order chi connectivity index (χ1) is 8.73. The minimum atomic E-state index is 0.00148. The van der Waals surface area contributed by atoms with Gasteiger partial charge in [-0.3, -0.25) is 0 Å². The number of benzene rings is 1. The predicted octanol–water partition coefficient (Wildman–Crippen LogP) is 2.17. The lowest BCUT2D eigenvalue weighted by Crippen LogP contribution is -2.66. The molecular weight excluding hydrogens is 246 g/mol. The van der Waals surface area contributed by atoms with Crippen LogP contribution in [0.25, 0.3) is 0 Å². The van der Waals surface area contributed by atoms with E-state index in [1.54, 1.807) is 0 Å². The van der Waals surface area contributed by atoms with Crippen LogP contribution in [0, 0.1) is 5.92 Å². The molecule has 3 aliphatic heterocycles. The minimum Gasteiger partial charge on any atom is -0.376 e. The first-order valence-electron chi connectivity index (χ1n) is 6.69. The van der Waals surface area contributed by atoms with Crippen molar-refractivity contribution in [3.63, 3.8) is 0 Å². The van der Waals surface area contributed by atoms with E-state index < -0.39 is 0 Å². The molecule has 1 unspecified atom stereocenters. The lowest BCUT2D eigenvalue weighted by atomic mass is 9.72. The molecule has 0 aliphatic carbocycles. The number of anilines is 1. The molecule has 18 heavy (non-hydrogen) atoms. The summed E-state index contributed by atoms with van der Waals surface area (Å²) in [5.41, 5.74) is 7.10. The highest BCUT2D eigenvalue weighted by molar-refractivity contribution is 6.33. The molecule has 4 rings (SSSR count). The molecule has 98 valence electrons. The van der Waals surface area contributed by atoms with Gasteiger partial charge in [0.1, 0.15) is 0 Å². The first-order valence-corrected chi connectivity index (χ1v) is 7.06. The van der Waals surface area contributed by atoms with E-state index in [0.29, 0.717) is 12.5 Å². The Hall–Kier alpha value is -0.770. The van der Waals surface area contributed by atoms with E-state index in [1.807, 2.05) is 24.3 Å². The van der Waals surface area contributed by atoms with E-state index in [1.165, 1.54) is 25.9 Å². The number of nitrogens with one attached hydrogen (secondary N) is 1. The summed E-state index contributed by atoms with van der Waals surface area (Å²) in [6, 6.07) is 7.94. The lowest BCUT2D eigenvalue weighted by Gasteiger charge is -2.53. The average Bonchev–Trinajstić information content (AvgIpc) is 2.43. The van der Waals surface area contributed by atoms with Crippen LogP contribution in [-0.4, -0.2) is 36.6 Å². The average molecular weight is 266 g/mol. The van der Waals surface area contributed by atoms with E-state index in [2.05, 4.69) is 10.2 Å². The van der Waals surface area contributed by atoms with Crippen LogP contribution in [0.4, 0.5) is 5.69 Å². The van der Waals surface area contributed by atoms with Crippen molar-refractivity contribution in [1.29, 1.82) is 0 Å². The first kappa shape index (κ1) is 12.3. The van der Waals surface area contributed by atoms with Crippen molar-refractivity contribution in [3.8, 4) is 0 Å². The van der Waals surface area contributed by atoms with Crippen LogP contribution < -0.4 is 11.1 Å². The number of fused-ring (bicyclic) bond motifs is 3. The van der Waals surface area contributed by atoms with Crippen molar-refractivity contribution in [1.82, 2.24) is 4.90 Å². The number of para-hydroxylation sites is 1. The van der Waals surface area contributed by atoms with E-state index in [0.717, 1.165) is 17.3 Å².